The van der Waals surface area contributed by atoms with Crippen LogP contribution in [0.25, 0.3) is 10.9 Å². The molecule has 1 fully saturated rings. The molecule has 1 N–H and O–H groups in total. The Bertz CT molecular complexity index is 1290. The lowest BCUT2D eigenvalue weighted by Crippen LogP contribution is -2.38. The van der Waals surface area contributed by atoms with Crippen molar-refractivity contribution in [2.24, 2.45) is 5.92 Å². The van der Waals surface area contributed by atoms with E-state index in [1.165, 1.54) is 24.2 Å². The number of anilines is 1. The van der Waals surface area contributed by atoms with Gasteiger partial charge in [-0.1, -0.05) is 37.5 Å². The molecule has 1 saturated carbocycles. The maximum atomic E-state index is 13.6. The third kappa shape index (κ3) is 8.14. The van der Waals surface area contributed by atoms with Gasteiger partial charge in [-0.2, -0.15) is 26.3 Å². The van der Waals surface area contributed by atoms with Gasteiger partial charge in [-0.3, -0.25) is 0 Å². The van der Waals surface area contributed by atoms with Gasteiger partial charge in [0.25, 0.3) is 0 Å². The van der Waals surface area contributed by atoms with E-state index in [2.05, 4.69) is 4.90 Å². The van der Waals surface area contributed by atoms with Crippen LogP contribution in [0.3, 0.4) is 0 Å². The number of benzene rings is 2. The van der Waals surface area contributed by atoms with Crippen LogP contribution in [0.2, 0.25) is 0 Å². The van der Waals surface area contributed by atoms with Crippen LogP contribution in [0.4, 0.5) is 32.2 Å². The number of para-hydroxylation sites is 1. The van der Waals surface area contributed by atoms with Crippen molar-refractivity contribution in [3.8, 4) is 0 Å². The average molecular weight is 598 g/mol. The largest absolute Gasteiger partial charge is 0.416 e. The van der Waals surface area contributed by atoms with Crippen LogP contribution in [0.15, 0.2) is 48.5 Å². The first-order chi connectivity index (χ1) is 19.9. The lowest BCUT2D eigenvalue weighted by atomic mass is 9.89. The molecule has 1 heterocycles. The van der Waals surface area contributed by atoms with Crippen LogP contribution in [0.5, 0.6) is 0 Å². The van der Waals surface area contributed by atoms with Crippen molar-refractivity contribution in [3.05, 3.63) is 70.8 Å². The lowest BCUT2D eigenvalue weighted by molar-refractivity contribution is -0.197. The molecule has 42 heavy (non-hydrogen) atoms. The van der Waals surface area contributed by atoms with Crippen LogP contribution < -0.4 is 4.90 Å². The van der Waals surface area contributed by atoms with Crippen molar-refractivity contribution in [2.45, 2.75) is 77.8 Å². The normalized spacial score (nSPS) is 15.9. The summed E-state index contributed by atoms with van der Waals surface area (Å²) in [6.45, 7) is 4.75. The lowest BCUT2D eigenvalue weighted by Gasteiger charge is -2.33. The highest BCUT2D eigenvalue weighted by atomic mass is 19.4. The van der Waals surface area contributed by atoms with Gasteiger partial charge in [-0.15, -0.1) is 0 Å². The molecule has 0 bridgehead atoms. The molecule has 1 unspecified atom stereocenters. The van der Waals surface area contributed by atoms with Crippen LogP contribution >= 0.6 is 0 Å². The summed E-state index contributed by atoms with van der Waals surface area (Å²) in [5.41, 5.74) is -1.61. The second-order valence-electron chi connectivity index (χ2n) is 10.8. The summed E-state index contributed by atoms with van der Waals surface area (Å²) in [4.78, 5) is 8.45. The molecule has 0 saturated heterocycles. The molecule has 1 aromatic heterocycles. The highest BCUT2D eigenvalue weighted by molar-refractivity contribution is 5.81. The van der Waals surface area contributed by atoms with Gasteiger partial charge in [0.2, 0.25) is 6.41 Å². The van der Waals surface area contributed by atoms with Crippen LogP contribution in [0, 0.1) is 5.92 Å². The molecule has 1 atom stereocenters. The number of pyridine rings is 1. The second-order valence-corrected chi connectivity index (χ2v) is 10.8. The topological polar surface area (TPSA) is 48.8 Å². The van der Waals surface area contributed by atoms with Gasteiger partial charge in [0, 0.05) is 43.7 Å². The molecule has 2 aromatic carbocycles. The number of hydrogen-bond acceptors (Lipinski definition) is 5. The van der Waals surface area contributed by atoms with Crippen LogP contribution in [-0.2, 0) is 30.2 Å². The number of alkyl halides is 6. The Hall–Kier alpha value is -2.89. The number of aliphatic hydroxyl groups excluding tert-OH is 1. The number of rotatable bonds is 11. The minimum absolute atomic E-state index is 0.0207. The summed E-state index contributed by atoms with van der Waals surface area (Å²) in [6, 6.07) is 10.9. The Balaban J connectivity index is 1.74. The first-order valence-corrected chi connectivity index (χ1v) is 14.3. The maximum Gasteiger partial charge on any atom is 0.416 e. The van der Waals surface area contributed by atoms with E-state index in [1.807, 2.05) is 37.3 Å². The molecule has 0 radical (unpaired) electrons. The molecule has 230 valence electrons. The molecule has 0 aliphatic heterocycles. The summed E-state index contributed by atoms with van der Waals surface area (Å²) in [6.07, 6.45) is -5.73. The summed E-state index contributed by atoms with van der Waals surface area (Å²) in [5.74, 6) is 1.17. The summed E-state index contributed by atoms with van der Waals surface area (Å²) in [7, 11) is 0. The fraction of sp³-hybridized carbons (Fsp3) is 0.516. The third-order valence-electron chi connectivity index (χ3n) is 7.70. The van der Waals surface area contributed by atoms with Gasteiger partial charge in [-0.25, -0.2) is 9.88 Å². The Kier molecular flexibility index (Phi) is 10.4. The molecule has 0 amide bonds. The van der Waals surface area contributed by atoms with E-state index in [0.717, 1.165) is 30.3 Å². The number of nitrogens with zero attached hydrogens (tertiary/aromatic N) is 3. The third-order valence-corrected chi connectivity index (χ3v) is 7.70. The second kappa shape index (κ2) is 13.6. The van der Waals surface area contributed by atoms with Crippen molar-refractivity contribution < 1.29 is 36.2 Å². The van der Waals surface area contributed by atoms with E-state index in [9.17, 15) is 31.4 Å². The van der Waals surface area contributed by atoms with Crippen molar-refractivity contribution in [1.29, 1.82) is 0 Å². The van der Waals surface area contributed by atoms with Gasteiger partial charge in [0.05, 0.1) is 16.6 Å². The maximum absolute atomic E-state index is 13.6. The fourth-order valence-electron chi connectivity index (χ4n) is 5.62. The summed E-state index contributed by atoms with van der Waals surface area (Å²) >= 11 is 0. The minimum Gasteiger partial charge on any atom is -0.356 e. The number of aromatic nitrogens is 1. The Morgan fingerprint density at radius 2 is 1.55 bits per heavy atom. The molecule has 11 heteroatoms. The Morgan fingerprint density at radius 1 is 0.905 bits per heavy atom. The minimum atomic E-state index is -4.98. The number of fused-ring (bicyclic) bond motifs is 1. The van der Waals surface area contributed by atoms with Crippen molar-refractivity contribution in [1.82, 2.24) is 9.88 Å². The standard InChI is InChI=1S/C31H37F6N3O2/c1-3-39(18-21-10-6-5-7-11-21)28-24(16-23-12-8-9-13-27(23)38-28)20-40(29(41)42-4-2)19-22-14-25(30(32,33)34)17-26(15-22)31(35,36)37/h8-9,12-17,21,29,41H,3-7,10-11,18-20H2,1-2H3. The molecule has 1 aliphatic rings. The monoisotopic (exact) mass is 597 g/mol. The Morgan fingerprint density at radius 3 is 2.14 bits per heavy atom. The molecule has 4 rings (SSSR count). The molecule has 5 nitrogen and oxygen atoms in total. The number of halogens is 6. The highest BCUT2D eigenvalue weighted by Gasteiger charge is 2.37. The van der Waals surface area contributed by atoms with E-state index < -0.39 is 36.4 Å². The highest BCUT2D eigenvalue weighted by Crippen LogP contribution is 2.37. The predicted octanol–water partition coefficient (Wildman–Crippen LogP) is 7.99. The van der Waals surface area contributed by atoms with E-state index in [0.29, 0.717) is 36.0 Å². The smallest absolute Gasteiger partial charge is 0.356 e. The van der Waals surface area contributed by atoms with E-state index >= 15 is 0 Å². The van der Waals surface area contributed by atoms with Crippen molar-refractivity contribution in [2.75, 3.05) is 24.6 Å². The zero-order chi connectivity index (χ0) is 30.5. The molecular weight excluding hydrogens is 560 g/mol. The summed E-state index contributed by atoms with van der Waals surface area (Å²) in [5, 5.41) is 11.7. The average Bonchev–Trinajstić information content (AvgIpc) is 2.95. The van der Waals surface area contributed by atoms with E-state index in [4.69, 9.17) is 9.72 Å². The van der Waals surface area contributed by atoms with Gasteiger partial charge >= 0.3 is 12.4 Å². The van der Waals surface area contributed by atoms with Crippen LogP contribution in [-0.4, -0.2) is 41.1 Å². The fourth-order valence-corrected chi connectivity index (χ4v) is 5.62. The molecule has 0 spiro atoms. The first-order valence-electron chi connectivity index (χ1n) is 14.3. The SMILES string of the molecule is CCOC(O)N(Cc1cc(C(F)(F)F)cc(C(F)(F)F)c1)Cc1cc2ccccc2nc1N(CC)CC1CCCCC1. The quantitative estimate of drug-likeness (QED) is 0.179. The molecule has 1 aliphatic carbocycles. The van der Waals surface area contributed by atoms with Crippen LogP contribution in [0.1, 0.15) is 68.2 Å². The van der Waals surface area contributed by atoms with Crippen molar-refractivity contribution in [3.63, 3.8) is 0 Å². The Labute approximate surface area is 242 Å². The van der Waals surface area contributed by atoms with Gasteiger partial charge in [0.15, 0.2) is 0 Å². The number of ether oxygens (including phenoxy) is 1. The van der Waals surface area contributed by atoms with E-state index in [-0.39, 0.29) is 24.8 Å². The zero-order valence-corrected chi connectivity index (χ0v) is 23.8. The zero-order valence-electron chi connectivity index (χ0n) is 23.8. The number of hydrogen-bond donors (Lipinski definition) is 1. The van der Waals surface area contributed by atoms with Gasteiger partial charge in [-0.05, 0) is 68.5 Å². The van der Waals surface area contributed by atoms with Crippen molar-refractivity contribution >= 4 is 16.7 Å². The number of aliphatic hydroxyl groups is 1. The first kappa shape index (κ1) is 32.0. The molecular formula is C31H37F6N3O2. The van der Waals surface area contributed by atoms with Gasteiger partial charge < -0.3 is 14.7 Å². The van der Waals surface area contributed by atoms with Gasteiger partial charge in [0.1, 0.15) is 5.82 Å². The molecule has 3 aromatic rings. The summed E-state index contributed by atoms with van der Waals surface area (Å²) < 4.78 is 86.7. The predicted molar refractivity (Wildman–Crippen MR) is 150 cm³/mol. The van der Waals surface area contributed by atoms with E-state index in [1.54, 1.807) is 6.92 Å².